The molecule has 2 rings (SSSR count). The minimum Gasteiger partial charge on any atom is -0.154 e. The normalized spacial score (nSPS) is 20.1. The highest BCUT2D eigenvalue weighted by Gasteiger charge is 2.37. The first kappa shape index (κ1) is 8.18. The fourth-order valence-corrected chi connectivity index (χ4v) is 2.92. The molecule has 0 atom stereocenters. The summed E-state index contributed by atoms with van der Waals surface area (Å²) >= 11 is 2.01. The van der Waals surface area contributed by atoms with E-state index in [4.69, 9.17) is 0 Å². The van der Waals surface area contributed by atoms with Crippen LogP contribution in [-0.2, 0) is 4.75 Å². The van der Waals surface area contributed by atoms with E-state index in [1.807, 2.05) is 11.8 Å². The zero-order valence-electron chi connectivity index (χ0n) is 7.42. The van der Waals surface area contributed by atoms with Gasteiger partial charge in [0.25, 0.3) is 0 Å². The Bertz CT molecular complexity index is 243. The van der Waals surface area contributed by atoms with E-state index >= 15 is 0 Å². The lowest BCUT2D eigenvalue weighted by Crippen LogP contribution is -2.29. The molecule has 1 aliphatic carbocycles. The highest BCUT2D eigenvalue weighted by atomic mass is 32.2. The zero-order valence-corrected chi connectivity index (χ0v) is 8.23. The zero-order chi connectivity index (χ0) is 8.44. The molecule has 0 aliphatic heterocycles. The predicted octanol–water partition coefficient (Wildman–Crippen LogP) is 3.43. The number of thioether (sulfide) groups is 1. The van der Waals surface area contributed by atoms with Crippen LogP contribution < -0.4 is 0 Å². The van der Waals surface area contributed by atoms with Crippen LogP contribution >= 0.6 is 11.8 Å². The summed E-state index contributed by atoms with van der Waals surface area (Å²) in [5, 5.41) is 0. The molecule has 0 N–H and O–H groups in total. The second-order valence-corrected chi connectivity index (χ2v) is 4.61. The Hall–Kier alpha value is -0.430. The Labute approximate surface area is 78.4 Å². The van der Waals surface area contributed by atoms with Gasteiger partial charge >= 0.3 is 0 Å². The van der Waals surface area contributed by atoms with Gasteiger partial charge in [0.05, 0.1) is 0 Å². The van der Waals surface area contributed by atoms with Crippen LogP contribution in [-0.4, -0.2) is 6.26 Å². The van der Waals surface area contributed by atoms with Crippen LogP contribution in [0.25, 0.3) is 0 Å². The average molecular weight is 178 g/mol. The maximum absolute atomic E-state index is 2.26. The van der Waals surface area contributed by atoms with Crippen LogP contribution in [0.4, 0.5) is 0 Å². The lowest BCUT2D eigenvalue weighted by molar-refractivity contribution is 0.374. The summed E-state index contributed by atoms with van der Waals surface area (Å²) in [4.78, 5) is 0. The molecule has 0 nitrogen and oxygen atoms in total. The smallest absolute Gasteiger partial charge is 0.0405 e. The molecule has 1 heteroatoms. The van der Waals surface area contributed by atoms with Crippen molar-refractivity contribution in [2.75, 3.05) is 6.26 Å². The first-order valence-corrected chi connectivity index (χ1v) is 5.70. The maximum atomic E-state index is 2.26. The van der Waals surface area contributed by atoms with Gasteiger partial charge in [-0.25, -0.2) is 0 Å². The summed E-state index contributed by atoms with van der Waals surface area (Å²) in [6.45, 7) is 0. The molecule has 0 bridgehead atoms. The van der Waals surface area contributed by atoms with Crippen LogP contribution in [0.1, 0.15) is 24.8 Å². The van der Waals surface area contributed by atoms with Crippen molar-refractivity contribution in [1.82, 2.24) is 0 Å². The van der Waals surface area contributed by atoms with Crippen molar-refractivity contribution in [1.29, 1.82) is 0 Å². The van der Waals surface area contributed by atoms with Gasteiger partial charge in [0.1, 0.15) is 0 Å². The summed E-state index contributed by atoms with van der Waals surface area (Å²) in [7, 11) is 0. The second kappa shape index (κ2) is 3.14. The first-order valence-electron chi connectivity index (χ1n) is 4.48. The quantitative estimate of drug-likeness (QED) is 0.668. The largest absolute Gasteiger partial charge is 0.154 e. The molecule has 0 spiro atoms. The van der Waals surface area contributed by atoms with Gasteiger partial charge in [0, 0.05) is 4.75 Å². The van der Waals surface area contributed by atoms with Crippen molar-refractivity contribution in [3.05, 3.63) is 35.9 Å². The third kappa shape index (κ3) is 1.16. The molecule has 64 valence electrons. The van der Waals surface area contributed by atoms with Gasteiger partial charge in [-0.1, -0.05) is 36.8 Å². The third-order valence-corrected chi connectivity index (χ3v) is 4.28. The monoisotopic (exact) mass is 178 g/mol. The average Bonchev–Trinajstić information content (AvgIpc) is 2.05. The van der Waals surface area contributed by atoms with Crippen LogP contribution in [0.2, 0.25) is 0 Å². The molecular weight excluding hydrogens is 164 g/mol. The lowest BCUT2D eigenvalue weighted by Gasteiger charge is -2.40. The molecule has 1 fully saturated rings. The fourth-order valence-electron chi connectivity index (χ4n) is 1.85. The van der Waals surface area contributed by atoms with E-state index in [0.717, 1.165) is 0 Å². The predicted molar refractivity (Wildman–Crippen MR) is 55.5 cm³/mol. The van der Waals surface area contributed by atoms with Crippen molar-refractivity contribution in [3.8, 4) is 0 Å². The molecule has 1 aromatic rings. The Kier molecular flexibility index (Phi) is 2.14. The Morgan fingerprint density at radius 2 is 1.83 bits per heavy atom. The molecule has 1 saturated carbocycles. The lowest BCUT2D eigenvalue weighted by atomic mass is 9.79. The van der Waals surface area contributed by atoms with Crippen LogP contribution in [0, 0.1) is 0 Å². The standard InChI is InChI=1S/C11H14S/c1-12-11(8-5-9-11)10-6-3-2-4-7-10/h2-4,6-7H,5,8-9H2,1H3. The Morgan fingerprint density at radius 3 is 2.25 bits per heavy atom. The van der Waals surface area contributed by atoms with Crippen molar-refractivity contribution >= 4 is 11.8 Å². The molecule has 0 amide bonds. The minimum absolute atomic E-state index is 0.473. The number of hydrogen-bond acceptors (Lipinski definition) is 1. The topological polar surface area (TPSA) is 0 Å². The number of rotatable bonds is 2. The van der Waals surface area contributed by atoms with E-state index in [-0.39, 0.29) is 0 Å². The van der Waals surface area contributed by atoms with Gasteiger partial charge < -0.3 is 0 Å². The van der Waals surface area contributed by atoms with Crippen molar-refractivity contribution < 1.29 is 0 Å². The number of benzene rings is 1. The molecule has 0 radical (unpaired) electrons. The highest BCUT2D eigenvalue weighted by Crippen LogP contribution is 2.50. The van der Waals surface area contributed by atoms with E-state index in [9.17, 15) is 0 Å². The van der Waals surface area contributed by atoms with Gasteiger partial charge in [-0.3, -0.25) is 0 Å². The van der Waals surface area contributed by atoms with Crippen LogP contribution in [0.15, 0.2) is 30.3 Å². The summed E-state index contributed by atoms with van der Waals surface area (Å²) < 4.78 is 0.473. The van der Waals surface area contributed by atoms with E-state index in [1.54, 1.807) is 0 Å². The number of hydrogen-bond donors (Lipinski definition) is 0. The van der Waals surface area contributed by atoms with E-state index in [1.165, 1.54) is 24.8 Å². The van der Waals surface area contributed by atoms with E-state index in [2.05, 4.69) is 36.6 Å². The fraction of sp³-hybridized carbons (Fsp3) is 0.455. The van der Waals surface area contributed by atoms with Gasteiger partial charge in [0.15, 0.2) is 0 Å². The summed E-state index contributed by atoms with van der Waals surface area (Å²) in [5.74, 6) is 0. The van der Waals surface area contributed by atoms with Gasteiger partial charge in [-0.2, -0.15) is 11.8 Å². The van der Waals surface area contributed by atoms with Crippen molar-refractivity contribution in [2.24, 2.45) is 0 Å². The van der Waals surface area contributed by atoms with Crippen molar-refractivity contribution in [3.63, 3.8) is 0 Å². The van der Waals surface area contributed by atoms with Gasteiger partial charge in [-0.05, 0) is 24.7 Å². The first-order chi connectivity index (χ1) is 5.87. The Balaban J connectivity index is 2.28. The molecule has 12 heavy (non-hydrogen) atoms. The molecule has 0 saturated heterocycles. The van der Waals surface area contributed by atoms with E-state index in [0.29, 0.717) is 4.75 Å². The summed E-state index contributed by atoms with van der Waals surface area (Å²) in [6, 6.07) is 10.9. The molecule has 0 heterocycles. The molecule has 0 unspecified atom stereocenters. The van der Waals surface area contributed by atoms with Gasteiger partial charge in [-0.15, -0.1) is 0 Å². The van der Waals surface area contributed by atoms with Crippen LogP contribution in [0.3, 0.4) is 0 Å². The van der Waals surface area contributed by atoms with Crippen LogP contribution in [0.5, 0.6) is 0 Å². The molecule has 0 aromatic heterocycles. The molecular formula is C11H14S. The summed E-state index contributed by atoms with van der Waals surface area (Å²) in [5.41, 5.74) is 1.52. The third-order valence-electron chi connectivity index (χ3n) is 2.85. The molecule has 1 aromatic carbocycles. The SMILES string of the molecule is CSC1(c2ccccc2)CCC1. The summed E-state index contributed by atoms with van der Waals surface area (Å²) in [6.07, 6.45) is 6.35. The van der Waals surface area contributed by atoms with E-state index < -0.39 is 0 Å². The van der Waals surface area contributed by atoms with Gasteiger partial charge in [0.2, 0.25) is 0 Å². The Morgan fingerprint density at radius 1 is 1.17 bits per heavy atom. The molecule has 1 aliphatic rings. The second-order valence-electron chi connectivity index (χ2n) is 3.42. The minimum atomic E-state index is 0.473. The maximum Gasteiger partial charge on any atom is 0.0405 e. The highest BCUT2D eigenvalue weighted by molar-refractivity contribution is 7.99. The van der Waals surface area contributed by atoms with Crippen molar-refractivity contribution in [2.45, 2.75) is 24.0 Å².